The number of hydrogen-bond acceptors (Lipinski definition) is 3. The Balaban J connectivity index is 2.57. The number of hydrogen-bond donors (Lipinski definition) is 1. The molecule has 1 heterocycles. The fraction of sp³-hybridized carbons (Fsp3) is 0. The molecular weight excluding hydrogens is 284 g/mol. The van der Waals surface area contributed by atoms with Crippen LogP contribution in [0.3, 0.4) is 0 Å². The van der Waals surface area contributed by atoms with E-state index >= 15 is 0 Å². The summed E-state index contributed by atoms with van der Waals surface area (Å²) in [6, 6.07) is 8.87. The zero-order valence-electron chi connectivity index (χ0n) is 8.59. The molecule has 5 nitrogen and oxygen atoms in total. The van der Waals surface area contributed by atoms with E-state index in [0.717, 1.165) is 0 Å². The van der Waals surface area contributed by atoms with Crippen LogP contribution in [0.15, 0.2) is 34.9 Å². The second-order valence-corrected chi connectivity index (χ2v) is 4.11. The first kappa shape index (κ1) is 11.4. The first-order valence-corrected chi connectivity index (χ1v) is 5.47. The zero-order chi connectivity index (χ0) is 12.4. The smallest absolute Gasteiger partial charge is 0.269 e. The van der Waals surface area contributed by atoms with Gasteiger partial charge in [0.25, 0.3) is 5.91 Å². The summed E-state index contributed by atoms with van der Waals surface area (Å²) >= 11 is 3.29. The SMILES string of the molecule is N#Cc1c(Br)cccc1-n1ccc(C(N)=O)n1. The third-order valence-corrected chi connectivity index (χ3v) is 2.85. The van der Waals surface area contributed by atoms with Gasteiger partial charge in [0.05, 0.1) is 11.3 Å². The van der Waals surface area contributed by atoms with Gasteiger partial charge in [0.2, 0.25) is 0 Å². The van der Waals surface area contributed by atoms with Crippen molar-refractivity contribution in [2.75, 3.05) is 0 Å². The molecule has 0 bridgehead atoms. The van der Waals surface area contributed by atoms with Crippen LogP contribution in [0.5, 0.6) is 0 Å². The molecule has 0 radical (unpaired) electrons. The average Bonchev–Trinajstić information content (AvgIpc) is 2.77. The Kier molecular flexibility index (Phi) is 2.93. The Morgan fingerprint density at radius 2 is 2.24 bits per heavy atom. The van der Waals surface area contributed by atoms with Crippen LogP contribution < -0.4 is 5.73 Å². The highest BCUT2D eigenvalue weighted by Crippen LogP contribution is 2.22. The second-order valence-electron chi connectivity index (χ2n) is 3.26. The van der Waals surface area contributed by atoms with Crippen molar-refractivity contribution in [3.63, 3.8) is 0 Å². The Labute approximate surface area is 106 Å². The number of carbonyl (C=O) groups is 1. The number of nitrogens with zero attached hydrogens (tertiary/aromatic N) is 3. The van der Waals surface area contributed by atoms with E-state index in [-0.39, 0.29) is 5.69 Å². The van der Waals surface area contributed by atoms with Gasteiger partial charge in [0.1, 0.15) is 11.8 Å². The second kappa shape index (κ2) is 4.39. The molecule has 1 amide bonds. The fourth-order valence-corrected chi connectivity index (χ4v) is 1.85. The van der Waals surface area contributed by atoms with Gasteiger partial charge >= 0.3 is 0 Å². The summed E-state index contributed by atoms with van der Waals surface area (Å²) in [6.45, 7) is 0. The number of nitrogens with two attached hydrogens (primary N) is 1. The molecule has 0 unspecified atom stereocenters. The van der Waals surface area contributed by atoms with Gasteiger partial charge in [-0.1, -0.05) is 6.07 Å². The fourth-order valence-electron chi connectivity index (χ4n) is 1.40. The van der Waals surface area contributed by atoms with Crippen LogP contribution in [0.25, 0.3) is 5.69 Å². The summed E-state index contributed by atoms with van der Waals surface area (Å²) in [6.07, 6.45) is 1.59. The lowest BCUT2D eigenvalue weighted by molar-refractivity contribution is 0.0995. The first-order valence-electron chi connectivity index (χ1n) is 4.68. The standard InChI is InChI=1S/C11H7BrN4O/c12-8-2-1-3-10(7(8)6-13)16-5-4-9(15-16)11(14)17/h1-5H,(H2,14,17). The molecule has 0 aliphatic rings. The van der Waals surface area contributed by atoms with Gasteiger partial charge in [-0.3, -0.25) is 4.79 Å². The third-order valence-electron chi connectivity index (χ3n) is 2.19. The summed E-state index contributed by atoms with van der Waals surface area (Å²) in [5, 5.41) is 13.1. The van der Waals surface area contributed by atoms with Crippen LogP contribution in [0, 0.1) is 11.3 Å². The van der Waals surface area contributed by atoms with Crippen molar-refractivity contribution in [3.8, 4) is 11.8 Å². The van der Waals surface area contributed by atoms with E-state index in [1.807, 2.05) is 0 Å². The predicted molar refractivity (Wildman–Crippen MR) is 64.5 cm³/mol. The highest BCUT2D eigenvalue weighted by Gasteiger charge is 2.11. The maximum atomic E-state index is 10.9. The van der Waals surface area contributed by atoms with Gasteiger partial charge in [-0.15, -0.1) is 0 Å². The third kappa shape index (κ3) is 2.05. The number of carbonyl (C=O) groups excluding carboxylic acids is 1. The molecule has 0 saturated heterocycles. The molecule has 2 rings (SSSR count). The van der Waals surface area contributed by atoms with Gasteiger partial charge < -0.3 is 5.73 Å². The Bertz CT molecular complexity index is 627. The van der Waals surface area contributed by atoms with Crippen molar-refractivity contribution in [2.45, 2.75) is 0 Å². The number of aromatic nitrogens is 2. The normalized spacial score (nSPS) is 9.88. The number of rotatable bonds is 2. The molecule has 84 valence electrons. The molecule has 17 heavy (non-hydrogen) atoms. The van der Waals surface area contributed by atoms with Crippen molar-refractivity contribution >= 4 is 21.8 Å². The molecule has 0 spiro atoms. The van der Waals surface area contributed by atoms with Crippen molar-refractivity contribution < 1.29 is 4.79 Å². The van der Waals surface area contributed by atoms with E-state index in [1.54, 1.807) is 24.4 Å². The van der Waals surface area contributed by atoms with Crippen LogP contribution in [0.1, 0.15) is 16.1 Å². The van der Waals surface area contributed by atoms with Gasteiger partial charge in [0.15, 0.2) is 0 Å². The molecule has 0 saturated carbocycles. The van der Waals surface area contributed by atoms with Crippen molar-refractivity contribution in [1.82, 2.24) is 9.78 Å². The molecule has 2 N–H and O–H groups in total. The largest absolute Gasteiger partial charge is 0.364 e. The van der Waals surface area contributed by atoms with Gasteiger partial charge in [-0.05, 0) is 34.1 Å². The number of halogens is 1. The predicted octanol–water partition coefficient (Wildman–Crippen LogP) is 1.61. The van der Waals surface area contributed by atoms with Crippen molar-refractivity contribution in [3.05, 3.63) is 46.2 Å². The Hall–Kier alpha value is -2.13. The Morgan fingerprint density at radius 3 is 2.82 bits per heavy atom. The van der Waals surface area contributed by atoms with E-state index in [9.17, 15) is 4.79 Å². The molecule has 0 fully saturated rings. The monoisotopic (exact) mass is 290 g/mol. The lowest BCUT2D eigenvalue weighted by Crippen LogP contribution is -2.12. The minimum atomic E-state index is -0.600. The molecule has 6 heteroatoms. The highest BCUT2D eigenvalue weighted by atomic mass is 79.9. The Morgan fingerprint density at radius 1 is 1.47 bits per heavy atom. The van der Waals surface area contributed by atoms with Gasteiger partial charge in [0, 0.05) is 10.7 Å². The molecule has 0 aliphatic carbocycles. The van der Waals surface area contributed by atoms with Crippen molar-refractivity contribution in [1.29, 1.82) is 5.26 Å². The lowest BCUT2D eigenvalue weighted by atomic mass is 10.2. The van der Waals surface area contributed by atoms with E-state index < -0.39 is 5.91 Å². The van der Waals surface area contributed by atoms with Crippen LogP contribution in [0.2, 0.25) is 0 Å². The topological polar surface area (TPSA) is 84.7 Å². The summed E-state index contributed by atoms with van der Waals surface area (Å²) in [5.41, 5.74) is 6.32. The van der Waals surface area contributed by atoms with E-state index in [1.165, 1.54) is 10.7 Å². The van der Waals surface area contributed by atoms with E-state index in [4.69, 9.17) is 11.0 Å². The number of primary amides is 1. The summed E-state index contributed by atoms with van der Waals surface area (Å²) in [5.74, 6) is -0.600. The van der Waals surface area contributed by atoms with Crippen molar-refractivity contribution in [2.24, 2.45) is 5.73 Å². The minimum Gasteiger partial charge on any atom is -0.364 e. The van der Waals surface area contributed by atoms with Crippen LogP contribution in [-0.2, 0) is 0 Å². The maximum absolute atomic E-state index is 10.9. The number of amides is 1. The van der Waals surface area contributed by atoms with Crippen LogP contribution >= 0.6 is 15.9 Å². The van der Waals surface area contributed by atoms with Gasteiger partial charge in [-0.25, -0.2) is 4.68 Å². The maximum Gasteiger partial charge on any atom is 0.269 e. The first-order chi connectivity index (χ1) is 8.13. The number of nitriles is 1. The van der Waals surface area contributed by atoms with Crippen LogP contribution in [-0.4, -0.2) is 15.7 Å². The minimum absolute atomic E-state index is 0.161. The lowest BCUT2D eigenvalue weighted by Gasteiger charge is -2.04. The average molecular weight is 291 g/mol. The summed E-state index contributed by atoms with van der Waals surface area (Å²) in [4.78, 5) is 10.9. The summed E-state index contributed by atoms with van der Waals surface area (Å²) < 4.78 is 2.12. The molecule has 2 aromatic rings. The quantitative estimate of drug-likeness (QED) is 0.912. The van der Waals surface area contributed by atoms with Crippen LogP contribution in [0.4, 0.5) is 0 Å². The zero-order valence-corrected chi connectivity index (χ0v) is 10.2. The van der Waals surface area contributed by atoms with Gasteiger partial charge in [-0.2, -0.15) is 10.4 Å². The van der Waals surface area contributed by atoms with E-state index in [0.29, 0.717) is 15.7 Å². The van der Waals surface area contributed by atoms with E-state index in [2.05, 4.69) is 27.1 Å². The highest BCUT2D eigenvalue weighted by molar-refractivity contribution is 9.10. The molecule has 0 atom stereocenters. The number of benzene rings is 1. The summed E-state index contributed by atoms with van der Waals surface area (Å²) in [7, 11) is 0. The molecule has 0 aliphatic heterocycles. The molecule has 1 aromatic carbocycles. The molecule has 1 aromatic heterocycles. The molecular formula is C11H7BrN4O.